The van der Waals surface area contributed by atoms with Crippen LogP contribution in [0.25, 0.3) is 0 Å². The predicted octanol–water partition coefficient (Wildman–Crippen LogP) is -3.47. The summed E-state index contributed by atoms with van der Waals surface area (Å²) >= 11 is -10.4. The first-order chi connectivity index (χ1) is 2.45. The van der Waals surface area contributed by atoms with Crippen molar-refractivity contribution in [1.82, 2.24) is 0 Å². The van der Waals surface area contributed by atoms with Crippen LogP contribution in [0.5, 0.6) is 0 Å². The van der Waals surface area contributed by atoms with Gasteiger partial charge in [0.05, 0.1) is 0 Å². The molecule has 0 nitrogen and oxygen atoms in total. The van der Waals surface area contributed by atoms with Crippen LogP contribution in [-0.4, -0.2) is 0 Å². The Kier molecular flexibility index (Phi) is 8.72. The molecule has 0 rings (SSSR count). The summed E-state index contributed by atoms with van der Waals surface area (Å²) in [5.74, 6) is 0. The molecule has 9 heavy (non-hydrogen) atoms. The zero-order valence-corrected chi connectivity index (χ0v) is 18.1. The first kappa shape index (κ1) is 18.9. The molecule has 0 atom stereocenters. The van der Waals surface area contributed by atoms with Gasteiger partial charge in [-0.2, -0.15) is 0 Å². The Labute approximate surface area is 166 Å². The van der Waals surface area contributed by atoms with Crippen molar-refractivity contribution in [1.29, 1.82) is 0 Å². The third-order valence-corrected chi connectivity index (χ3v) is 0. The molecular weight excluding hydrogens is 443 g/mol. The third kappa shape index (κ3) is 71.9. The molecule has 0 aliphatic carbocycles. The molecule has 0 N–H and O–H groups in total. The number of rotatable bonds is 0. The van der Waals surface area contributed by atoms with Crippen molar-refractivity contribution in [3.8, 4) is 0 Å². The van der Waals surface area contributed by atoms with Crippen molar-refractivity contribution in [2.24, 2.45) is 0 Å². The quantitative estimate of drug-likeness (QED) is 0.270. The van der Waals surface area contributed by atoms with Crippen LogP contribution in [-0.2, 0) is 13.5 Å². The summed E-state index contributed by atoms with van der Waals surface area (Å²) in [5, 5.41) is 0. The average molecular weight is 443 g/mol. The Morgan fingerprint density at radius 1 is 0.556 bits per heavy atom. The van der Waals surface area contributed by atoms with Gasteiger partial charge in [0.2, 0.25) is 0 Å². The zero-order chi connectivity index (χ0) is 6.41. The molecule has 0 amide bonds. The molecule has 0 spiro atoms. The zero-order valence-electron chi connectivity index (χ0n) is 4.57. The molecule has 0 heterocycles. The van der Waals surface area contributed by atoms with E-state index in [9.17, 15) is 21.3 Å². The number of halogens is 6. The van der Waals surface area contributed by atoms with Gasteiger partial charge in [0.1, 0.15) is 0 Å². The van der Waals surface area contributed by atoms with Gasteiger partial charge in [0.25, 0.3) is 0 Å². The van der Waals surface area contributed by atoms with Gasteiger partial charge in [0.15, 0.2) is 0 Å². The second-order valence-corrected chi connectivity index (χ2v) is 2.66. The molecule has 0 aromatic rings. The molecular formula is Cs2CuF6. The van der Waals surface area contributed by atoms with Gasteiger partial charge in [-0.3, -0.25) is 0 Å². The fraction of sp³-hybridized carbons (Fsp3) is 0. The van der Waals surface area contributed by atoms with Crippen LogP contribution < -0.4 is 138 Å². The fourth-order valence-corrected chi connectivity index (χ4v) is 0. The minimum atomic E-state index is -10.4. The van der Waals surface area contributed by atoms with E-state index < -0.39 is 13.5 Å². The summed E-state index contributed by atoms with van der Waals surface area (Å²) < 4.78 is 59.1. The summed E-state index contributed by atoms with van der Waals surface area (Å²) in [6.07, 6.45) is 0. The van der Waals surface area contributed by atoms with E-state index >= 15 is 0 Å². The van der Waals surface area contributed by atoms with E-state index in [-0.39, 0.29) is 138 Å². The summed E-state index contributed by atoms with van der Waals surface area (Å²) in [6.45, 7) is 0. The molecule has 0 saturated carbocycles. The van der Waals surface area contributed by atoms with Gasteiger partial charge in [-0.15, -0.1) is 0 Å². The van der Waals surface area contributed by atoms with Gasteiger partial charge >= 0.3 is 173 Å². The Balaban J connectivity index is -0.000000180. The maximum atomic E-state index is 9.84. The van der Waals surface area contributed by atoms with Crippen LogP contribution in [0.2, 0.25) is 0 Å². The second-order valence-electron chi connectivity index (χ2n) is 0.646. The van der Waals surface area contributed by atoms with Crippen molar-refractivity contribution in [2.75, 3.05) is 0 Å². The van der Waals surface area contributed by atoms with E-state index in [2.05, 4.69) is 0 Å². The van der Waals surface area contributed by atoms with E-state index in [1.54, 1.807) is 0 Å². The van der Waals surface area contributed by atoms with E-state index in [1.165, 1.54) is 0 Å². The molecule has 0 bridgehead atoms. The Morgan fingerprint density at radius 2 is 0.556 bits per heavy atom. The van der Waals surface area contributed by atoms with Gasteiger partial charge in [-0.25, -0.2) is 0 Å². The van der Waals surface area contributed by atoms with Crippen molar-refractivity contribution in [2.45, 2.75) is 0 Å². The molecule has 0 radical (unpaired) electrons. The topological polar surface area (TPSA) is 0 Å². The molecule has 55 valence electrons. The van der Waals surface area contributed by atoms with Gasteiger partial charge in [0, 0.05) is 0 Å². The van der Waals surface area contributed by atoms with E-state index in [4.69, 9.17) is 0 Å². The van der Waals surface area contributed by atoms with Crippen LogP contribution in [0.1, 0.15) is 0 Å². The molecule has 0 aliphatic heterocycles. The molecule has 0 aromatic heterocycles. The maximum absolute atomic E-state index is 10.4. The molecule has 0 unspecified atom stereocenters. The molecule has 9 heteroatoms. The van der Waals surface area contributed by atoms with E-state index in [1.807, 2.05) is 0 Å². The monoisotopic (exact) mass is 443 g/mol. The fourth-order valence-electron chi connectivity index (χ4n) is 0. The van der Waals surface area contributed by atoms with Crippen LogP contribution in [0.3, 0.4) is 0 Å². The van der Waals surface area contributed by atoms with E-state index in [0.29, 0.717) is 0 Å². The van der Waals surface area contributed by atoms with Crippen molar-refractivity contribution in [3.05, 3.63) is 0 Å². The minimum absolute atomic E-state index is 0. The summed E-state index contributed by atoms with van der Waals surface area (Å²) in [4.78, 5) is 0. The molecule has 0 aromatic carbocycles. The van der Waals surface area contributed by atoms with Gasteiger partial charge in [-0.1, -0.05) is 0 Å². The molecule has 0 fully saturated rings. The standard InChI is InChI=1S/2Cs.Cu.6FH/h;;;6*1H/q2*+1;+4;;;;;;/p-6. The normalized spacial score (nSPS) is 18.0. The summed E-state index contributed by atoms with van der Waals surface area (Å²) in [7, 11) is 0. The molecule has 0 aliphatic rings. The third-order valence-electron chi connectivity index (χ3n) is 0. The van der Waals surface area contributed by atoms with Crippen molar-refractivity contribution >= 4 is 0 Å². The Bertz CT molecular complexity index is 69.6. The van der Waals surface area contributed by atoms with Crippen molar-refractivity contribution in [3.63, 3.8) is 0 Å². The predicted molar refractivity (Wildman–Crippen MR) is 6.65 cm³/mol. The van der Waals surface area contributed by atoms with Crippen molar-refractivity contribution < 1.29 is 173 Å². The van der Waals surface area contributed by atoms with Crippen LogP contribution in [0.4, 0.5) is 21.3 Å². The van der Waals surface area contributed by atoms with Crippen LogP contribution in [0, 0.1) is 0 Å². The Hall–Kier alpha value is 4.20. The van der Waals surface area contributed by atoms with Gasteiger partial charge in [-0.05, 0) is 0 Å². The van der Waals surface area contributed by atoms with Crippen LogP contribution >= 0.6 is 0 Å². The summed E-state index contributed by atoms with van der Waals surface area (Å²) in [5.41, 5.74) is 0. The van der Waals surface area contributed by atoms with Crippen LogP contribution in [0.15, 0.2) is 0 Å². The SMILES string of the molecule is [Cs+].[Cs+].[F][Cu-2]([F])([F])([F])([F])[F]. The average Bonchev–Trinajstić information content (AvgIpc) is 0.592. The summed E-state index contributed by atoms with van der Waals surface area (Å²) in [6, 6.07) is 0. The van der Waals surface area contributed by atoms with E-state index in [0.717, 1.165) is 0 Å². The van der Waals surface area contributed by atoms with Gasteiger partial charge < -0.3 is 0 Å². The second kappa shape index (κ2) is 4.15. The first-order valence-corrected chi connectivity index (χ1v) is 2.82. The molecule has 0 saturated heterocycles. The first-order valence-electron chi connectivity index (χ1n) is 0.684. The number of hydrogen-bond acceptors (Lipinski definition) is 0. The Morgan fingerprint density at radius 3 is 0.556 bits per heavy atom. The number of hydrogen-bond donors (Lipinski definition) is 0.